The first kappa shape index (κ1) is 21.2. The molecule has 0 unspecified atom stereocenters. The summed E-state index contributed by atoms with van der Waals surface area (Å²) in [6.07, 6.45) is 4.39. The Kier molecular flexibility index (Phi) is 6.04. The lowest BCUT2D eigenvalue weighted by Gasteiger charge is -2.32. The summed E-state index contributed by atoms with van der Waals surface area (Å²) in [5.41, 5.74) is 3.17. The summed E-state index contributed by atoms with van der Waals surface area (Å²) in [5.74, 6) is -0.150. The van der Waals surface area contributed by atoms with Crippen LogP contribution in [0.1, 0.15) is 32.9 Å². The van der Waals surface area contributed by atoms with E-state index in [1.165, 1.54) is 23.9 Å². The monoisotopic (exact) mass is 457 g/mol. The summed E-state index contributed by atoms with van der Waals surface area (Å²) >= 11 is 1.41. The Balaban J connectivity index is 1.32. The Morgan fingerprint density at radius 1 is 0.939 bits per heavy atom. The number of piperidine rings is 1. The second-order valence-electron chi connectivity index (χ2n) is 7.98. The van der Waals surface area contributed by atoms with Gasteiger partial charge in [0, 0.05) is 30.3 Å². The molecule has 33 heavy (non-hydrogen) atoms. The van der Waals surface area contributed by atoms with Gasteiger partial charge in [0.2, 0.25) is 0 Å². The van der Waals surface area contributed by atoms with Crippen LogP contribution in [0.15, 0.2) is 83.7 Å². The highest BCUT2D eigenvalue weighted by Gasteiger charge is 2.27. The van der Waals surface area contributed by atoms with Gasteiger partial charge in [0.1, 0.15) is 16.1 Å². The average molecular weight is 458 g/mol. The summed E-state index contributed by atoms with van der Waals surface area (Å²) in [7, 11) is 0. The Morgan fingerprint density at radius 3 is 2.24 bits per heavy atom. The molecule has 6 nitrogen and oxygen atoms in total. The second-order valence-corrected chi connectivity index (χ2v) is 8.98. The van der Waals surface area contributed by atoms with Crippen LogP contribution < -0.4 is 5.32 Å². The highest BCUT2D eigenvalue weighted by molar-refractivity contribution is 7.17. The molecular formula is C26H23N3O3S. The minimum atomic E-state index is -0.117. The number of hydrogen-bond acceptors (Lipinski definition) is 5. The van der Waals surface area contributed by atoms with Crippen molar-refractivity contribution in [1.82, 2.24) is 15.2 Å². The lowest BCUT2D eigenvalue weighted by molar-refractivity contribution is 0.0698. The van der Waals surface area contributed by atoms with Gasteiger partial charge in [0.15, 0.2) is 0 Å². The van der Waals surface area contributed by atoms with Gasteiger partial charge < -0.3 is 14.6 Å². The number of rotatable bonds is 5. The van der Waals surface area contributed by atoms with Crippen molar-refractivity contribution >= 4 is 23.2 Å². The highest BCUT2D eigenvalue weighted by Crippen LogP contribution is 2.34. The lowest BCUT2D eigenvalue weighted by atomic mass is 10.0. The number of likely N-dealkylation sites (tertiary alicyclic amines) is 1. The zero-order chi connectivity index (χ0) is 22.6. The van der Waals surface area contributed by atoms with E-state index in [9.17, 15) is 9.59 Å². The standard InChI is InChI=1S/C26H23N3O3S/c30-24(27-21-11-14-29(15-12-21)26(31)20-13-16-32-17-20)23-22(18-7-3-1-4-8-18)28-25(33-23)19-9-5-2-6-10-19/h1-10,13,16-17,21H,11-12,14-15H2,(H,27,30). The molecular weight excluding hydrogens is 434 g/mol. The van der Waals surface area contributed by atoms with Gasteiger partial charge in [-0.15, -0.1) is 11.3 Å². The first-order valence-corrected chi connectivity index (χ1v) is 11.7. The van der Waals surface area contributed by atoms with Crippen LogP contribution in [0.3, 0.4) is 0 Å². The van der Waals surface area contributed by atoms with Crippen LogP contribution in [0.5, 0.6) is 0 Å². The Morgan fingerprint density at radius 2 is 1.61 bits per heavy atom. The average Bonchev–Trinajstić information content (AvgIpc) is 3.56. The predicted octanol–water partition coefficient (Wildman–Crippen LogP) is 5.10. The molecule has 0 spiro atoms. The van der Waals surface area contributed by atoms with E-state index in [1.807, 2.05) is 65.6 Å². The fraction of sp³-hybridized carbons (Fsp3) is 0.192. The third-order valence-electron chi connectivity index (χ3n) is 5.79. The molecule has 4 aromatic rings. The number of carbonyl (C=O) groups excluding carboxylic acids is 2. The van der Waals surface area contributed by atoms with E-state index in [0.717, 1.165) is 16.1 Å². The number of aromatic nitrogens is 1. The number of benzene rings is 2. The molecule has 0 bridgehead atoms. The Labute approximate surface area is 195 Å². The summed E-state index contributed by atoms with van der Waals surface area (Å²) < 4.78 is 5.02. The van der Waals surface area contributed by atoms with E-state index >= 15 is 0 Å². The number of thiazole rings is 1. The molecule has 3 heterocycles. The van der Waals surface area contributed by atoms with E-state index in [4.69, 9.17) is 9.40 Å². The Bertz CT molecular complexity index is 1230. The number of nitrogens with zero attached hydrogens (tertiary/aromatic N) is 2. The van der Waals surface area contributed by atoms with Gasteiger partial charge in [0.25, 0.3) is 11.8 Å². The van der Waals surface area contributed by atoms with Crippen LogP contribution in [-0.2, 0) is 0 Å². The molecule has 5 rings (SSSR count). The van der Waals surface area contributed by atoms with Gasteiger partial charge in [-0.05, 0) is 18.9 Å². The van der Waals surface area contributed by atoms with Gasteiger partial charge in [-0.25, -0.2) is 4.98 Å². The van der Waals surface area contributed by atoms with Gasteiger partial charge in [-0.1, -0.05) is 60.7 Å². The second kappa shape index (κ2) is 9.42. The molecule has 2 aromatic heterocycles. The minimum Gasteiger partial charge on any atom is -0.472 e. The zero-order valence-corrected chi connectivity index (χ0v) is 18.8. The molecule has 166 valence electrons. The molecule has 7 heteroatoms. The van der Waals surface area contributed by atoms with Crippen LogP contribution in [0, 0.1) is 0 Å². The SMILES string of the molecule is O=C(NC1CCN(C(=O)c2ccoc2)CC1)c1sc(-c2ccccc2)nc1-c1ccccc1. The van der Waals surface area contributed by atoms with Crippen molar-refractivity contribution in [3.8, 4) is 21.8 Å². The molecule has 0 saturated carbocycles. The van der Waals surface area contributed by atoms with Gasteiger partial charge >= 0.3 is 0 Å². The third kappa shape index (κ3) is 4.59. The Hall–Kier alpha value is -3.71. The van der Waals surface area contributed by atoms with Crippen molar-refractivity contribution in [3.05, 3.63) is 89.7 Å². The zero-order valence-electron chi connectivity index (χ0n) is 17.9. The largest absolute Gasteiger partial charge is 0.472 e. The van der Waals surface area contributed by atoms with Crippen molar-refractivity contribution in [2.45, 2.75) is 18.9 Å². The summed E-state index contributed by atoms with van der Waals surface area (Å²) in [6, 6.07) is 21.4. The molecule has 1 fully saturated rings. The van der Waals surface area contributed by atoms with Gasteiger partial charge in [-0.2, -0.15) is 0 Å². The fourth-order valence-electron chi connectivity index (χ4n) is 4.02. The van der Waals surface area contributed by atoms with Crippen molar-refractivity contribution < 1.29 is 14.0 Å². The summed E-state index contributed by atoms with van der Waals surface area (Å²) in [5, 5.41) is 4.00. The molecule has 1 saturated heterocycles. The number of amides is 2. The molecule has 2 amide bonds. The number of nitrogens with one attached hydrogen (secondary N) is 1. The highest BCUT2D eigenvalue weighted by atomic mass is 32.1. The molecule has 0 aliphatic carbocycles. The van der Waals surface area contributed by atoms with Crippen molar-refractivity contribution in [3.63, 3.8) is 0 Å². The fourth-order valence-corrected chi connectivity index (χ4v) is 5.01. The van der Waals surface area contributed by atoms with E-state index in [-0.39, 0.29) is 17.9 Å². The molecule has 1 N–H and O–H groups in total. The van der Waals surface area contributed by atoms with E-state index in [2.05, 4.69) is 5.32 Å². The topological polar surface area (TPSA) is 75.4 Å². The third-order valence-corrected chi connectivity index (χ3v) is 6.89. The van der Waals surface area contributed by atoms with Crippen LogP contribution in [0.4, 0.5) is 0 Å². The molecule has 2 aromatic carbocycles. The van der Waals surface area contributed by atoms with Crippen LogP contribution in [-0.4, -0.2) is 40.8 Å². The van der Waals surface area contributed by atoms with Gasteiger partial charge in [-0.3, -0.25) is 9.59 Å². The smallest absolute Gasteiger partial charge is 0.263 e. The molecule has 1 aliphatic rings. The molecule has 0 radical (unpaired) electrons. The van der Waals surface area contributed by atoms with Crippen LogP contribution in [0.25, 0.3) is 21.8 Å². The number of hydrogen-bond donors (Lipinski definition) is 1. The summed E-state index contributed by atoms with van der Waals surface area (Å²) in [4.78, 5) is 33.1. The first-order valence-electron chi connectivity index (χ1n) is 10.9. The van der Waals surface area contributed by atoms with Crippen molar-refractivity contribution in [2.24, 2.45) is 0 Å². The van der Waals surface area contributed by atoms with E-state index in [0.29, 0.717) is 42.1 Å². The van der Waals surface area contributed by atoms with Gasteiger partial charge in [0.05, 0.1) is 17.5 Å². The molecule has 0 atom stereocenters. The van der Waals surface area contributed by atoms with Crippen LogP contribution >= 0.6 is 11.3 Å². The predicted molar refractivity (Wildman–Crippen MR) is 128 cm³/mol. The van der Waals surface area contributed by atoms with E-state index in [1.54, 1.807) is 6.07 Å². The minimum absolute atomic E-state index is 0.0109. The van der Waals surface area contributed by atoms with E-state index < -0.39 is 0 Å². The lowest BCUT2D eigenvalue weighted by Crippen LogP contribution is -2.46. The summed E-state index contributed by atoms with van der Waals surface area (Å²) in [6.45, 7) is 1.19. The maximum Gasteiger partial charge on any atom is 0.263 e. The maximum absolute atomic E-state index is 13.3. The van der Waals surface area contributed by atoms with Crippen LogP contribution in [0.2, 0.25) is 0 Å². The maximum atomic E-state index is 13.3. The molecule has 1 aliphatic heterocycles. The normalized spacial score (nSPS) is 14.2. The van der Waals surface area contributed by atoms with Crippen molar-refractivity contribution in [1.29, 1.82) is 0 Å². The number of furan rings is 1. The quantitative estimate of drug-likeness (QED) is 0.452. The first-order chi connectivity index (χ1) is 16.2. The van der Waals surface area contributed by atoms with Crippen molar-refractivity contribution in [2.75, 3.05) is 13.1 Å². The number of carbonyl (C=O) groups is 2.